The molecule has 26 heavy (non-hydrogen) atoms. The molecule has 3 rings (SSSR count). The fourth-order valence-corrected chi connectivity index (χ4v) is 2.48. The maximum atomic E-state index is 12.1. The van der Waals surface area contributed by atoms with Crippen molar-refractivity contribution < 1.29 is 17.9 Å². The van der Waals surface area contributed by atoms with Crippen molar-refractivity contribution in [1.82, 2.24) is 0 Å². The van der Waals surface area contributed by atoms with Gasteiger partial charge in [0.25, 0.3) is 0 Å². The number of hydrogen-bond donors (Lipinski definition) is 3. The molecule has 1 saturated carbocycles. The molecule has 1 aliphatic carbocycles. The topological polar surface area (TPSA) is 83.5 Å². The Morgan fingerprint density at radius 3 is 2.31 bits per heavy atom. The minimum Gasteiger partial charge on any atom is -0.406 e. The molecule has 0 aromatic heterocycles. The molecule has 1 aliphatic rings. The highest BCUT2D eigenvalue weighted by atomic mass is 19.4. The number of benzene rings is 2. The van der Waals surface area contributed by atoms with Gasteiger partial charge < -0.3 is 15.8 Å². The van der Waals surface area contributed by atoms with Crippen molar-refractivity contribution in [3.8, 4) is 5.75 Å². The Labute approximate surface area is 148 Å². The predicted octanol–water partition coefficient (Wildman–Crippen LogP) is 3.87. The van der Waals surface area contributed by atoms with Gasteiger partial charge in [-0.25, -0.2) is 4.99 Å². The second-order valence-corrected chi connectivity index (χ2v) is 5.95. The Balaban J connectivity index is 1.53. The first kappa shape index (κ1) is 17.9. The Hall–Kier alpha value is -2.87. The van der Waals surface area contributed by atoms with Crippen LogP contribution in [0.4, 0.5) is 18.9 Å². The summed E-state index contributed by atoms with van der Waals surface area (Å²) in [6, 6.07) is 13.0. The van der Waals surface area contributed by atoms with Gasteiger partial charge in [0, 0.05) is 23.2 Å². The molecule has 2 unspecified atom stereocenters. The minimum atomic E-state index is -4.72. The lowest BCUT2D eigenvalue weighted by Gasteiger charge is -2.09. The molecular weight excluding hydrogens is 345 g/mol. The average molecular weight is 362 g/mol. The maximum Gasteiger partial charge on any atom is 0.573 e. The van der Waals surface area contributed by atoms with Gasteiger partial charge in [-0.1, -0.05) is 24.3 Å². The summed E-state index contributed by atoms with van der Waals surface area (Å²) in [7, 11) is 0. The third-order valence-electron chi connectivity index (χ3n) is 3.96. The Bertz CT molecular complexity index is 801. The van der Waals surface area contributed by atoms with Crippen LogP contribution in [0.15, 0.2) is 53.5 Å². The van der Waals surface area contributed by atoms with E-state index in [9.17, 15) is 13.2 Å². The Kier molecular flexibility index (Phi) is 4.94. The lowest BCUT2D eigenvalue weighted by atomic mass is 10.1. The van der Waals surface area contributed by atoms with Crippen molar-refractivity contribution in [2.24, 2.45) is 10.7 Å². The highest BCUT2D eigenvalue weighted by Gasteiger charge is 2.34. The van der Waals surface area contributed by atoms with Crippen molar-refractivity contribution in [3.05, 3.63) is 59.7 Å². The van der Waals surface area contributed by atoms with Crippen LogP contribution >= 0.6 is 0 Å². The van der Waals surface area contributed by atoms with Crippen molar-refractivity contribution in [1.29, 1.82) is 5.41 Å². The SMILES string of the molecule is N=C(/N=C\Nc1ccc(OC(F)(F)F)cc1)c1ccc(C2CC2N)cc1. The number of nitrogens with two attached hydrogens (primary N) is 1. The van der Waals surface area contributed by atoms with E-state index in [1.165, 1.54) is 30.6 Å². The standard InChI is InChI=1S/C18H17F3N4O/c19-18(20,21)26-14-7-5-13(6-8-14)24-10-25-17(23)12-3-1-11(2-4-12)15-9-16(15)22/h1-8,10,15-16H,9,22H2,(H2,23,24,25). The number of ether oxygens (including phenoxy) is 1. The fraction of sp³-hybridized carbons (Fsp3) is 0.222. The van der Waals surface area contributed by atoms with Crippen molar-refractivity contribution in [2.45, 2.75) is 24.7 Å². The summed E-state index contributed by atoms with van der Waals surface area (Å²) in [5.41, 5.74) is 8.17. The van der Waals surface area contributed by atoms with Crippen LogP contribution in [0.3, 0.4) is 0 Å². The molecule has 8 heteroatoms. The largest absolute Gasteiger partial charge is 0.573 e. The van der Waals surface area contributed by atoms with Crippen LogP contribution in [0, 0.1) is 5.41 Å². The number of halogens is 3. The number of hydrogen-bond acceptors (Lipinski definition) is 3. The van der Waals surface area contributed by atoms with Gasteiger partial charge in [0.1, 0.15) is 5.75 Å². The zero-order valence-electron chi connectivity index (χ0n) is 13.6. The summed E-state index contributed by atoms with van der Waals surface area (Å²) in [6.45, 7) is 0. The van der Waals surface area contributed by atoms with Crippen LogP contribution in [-0.4, -0.2) is 24.6 Å². The Morgan fingerprint density at radius 1 is 1.15 bits per heavy atom. The molecule has 0 bridgehead atoms. The number of nitrogens with zero attached hydrogens (tertiary/aromatic N) is 1. The normalized spacial score (nSPS) is 19.4. The van der Waals surface area contributed by atoms with E-state index in [4.69, 9.17) is 11.1 Å². The van der Waals surface area contributed by atoms with E-state index < -0.39 is 6.36 Å². The van der Waals surface area contributed by atoms with E-state index >= 15 is 0 Å². The molecule has 0 spiro atoms. The van der Waals surface area contributed by atoms with E-state index in [2.05, 4.69) is 15.0 Å². The van der Waals surface area contributed by atoms with E-state index in [1.807, 2.05) is 24.3 Å². The molecule has 2 aromatic rings. The molecule has 2 atom stereocenters. The maximum absolute atomic E-state index is 12.1. The molecule has 0 aliphatic heterocycles. The van der Waals surface area contributed by atoms with Crippen LogP contribution in [0.5, 0.6) is 5.75 Å². The number of rotatable bonds is 5. The average Bonchev–Trinajstić information content (AvgIpc) is 3.32. The van der Waals surface area contributed by atoms with Gasteiger partial charge in [0.2, 0.25) is 0 Å². The van der Waals surface area contributed by atoms with Gasteiger partial charge in [-0.05, 0) is 36.2 Å². The monoisotopic (exact) mass is 362 g/mol. The van der Waals surface area contributed by atoms with Gasteiger partial charge in [0.15, 0.2) is 5.84 Å². The van der Waals surface area contributed by atoms with Crippen LogP contribution in [0.25, 0.3) is 0 Å². The molecule has 136 valence electrons. The summed E-state index contributed by atoms with van der Waals surface area (Å²) in [5, 5.41) is 10.7. The van der Waals surface area contributed by atoms with Crippen molar-refractivity contribution in [2.75, 3.05) is 5.32 Å². The molecule has 2 aromatic carbocycles. The zero-order valence-corrected chi connectivity index (χ0v) is 13.6. The first-order chi connectivity index (χ1) is 12.3. The van der Waals surface area contributed by atoms with Crippen LogP contribution in [0.2, 0.25) is 0 Å². The molecule has 4 N–H and O–H groups in total. The second kappa shape index (κ2) is 7.17. The number of alkyl halides is 3. The number of anilines is 1. The summed E-state index contributed by atoms with van der Waals surface area (Å²) in [5.74, 6) is 0.178. The van der Waals surface area contributed by atoms with Gasteiger partial charge in [-0.2, -0.15) is 0 Å². The van der Waals surface area contributed by atoms with Crippen LogP contribution in [-0.2, 0) is 0 Å². The first-order valence-electron chi connectivity index (χ1n) is 7.91. The van der Waals surface area contributed by atoms with Crippen molar-refractivity contribution in [3.63, 3.8) is 0 Å². The summed E-state index contributed by atoms with van der Waals surface area (Å²) >= 11 is 0. The summed E-state index contributed by atoms with van der Waals surface area (Å²) in [6.07, 6.45) is -2.41. The molecule has 0 radical (unpaired) electrons. The minimum absolute atomic E-state index is 0.0705. The first-order valence-corrected chi connectivity index (χ1v) is 7.91. The number of nitrogens with one attached hydrogen (secondary N) is 2. The molecule has 1 fully saturated rings. The molecule has 5 nitrogen and oxygen atoms in total. The molecule has 0 heterocycles. The lowest BCUT2D eigenvalue weighted by molar-refractivity contribution is -0.274. The van der Waals surface area contributed by atoms with Crippen LogP contribution in [0.1, 0.15) is 23.5 Å². The number of amidine groups is 1. The quantitative estimate of drug-likeness (QED) is 0.558. The molecular formula is C18H17F3N4O. The summed E-state index contributed by atoms with van der Waals surface area (Å²) in [4.78, 5) is 3.99. The highest BCUT2D eigenvalue weighted by molar-refractivity contribution is 6.02. The number of aliphatic imine (C=N–C) groups is 1. The molecule has 0 amide bonds. The van der Waals surface area contributed by atoms with Gasteiger partial charge in [-0.3, -0.25) is 5.41 Å². The zero-order chi connectivity index (χ0) is 18.7. The van der Waals surface area contributed by atoms with E-state index in [0.29, 0.717) is 17.2 Å². The van der Waals surface area contributed by atoms with Gasteiger partial charge in [-0.15, -0.1) is 13.2 Å². The van der Waals surface area contributed by atoms with Crippen molar-refractivity contribution >= 4 is 17.9 Å². The van der Waals surface area contributed by atoms with Crippen LogP contribution < -0.4 is 15.8 Å². The van der Waals surface area contributed by atoms with E-state index in [1.54, 1.807) is 0 Å². The smallest absolute Gasteiger partial charge is 0.406 e. The lowest BCUT2D eigenvalue weighted by Crippen LogP contribution is -2.17. The second-order valence-electron chi connectivity index (χ2n) is 5.95. The van der Waals surface area contributed by atoms with E-state index in [-0.39, 0.29) is 17.6 Å². The Morgan fingerprint density at radius 2 is 1.77 bits per heavy atom. The highest BCUT2D eigenvalue weighted by Crippen LogP contribution is 2.38. The fourth-order valence-electron chi connectivity index (χ4n) is 2.48. The van der Waals surface area contributed by atoms with E-state index in [0.717, 1.165) is 12.0 Å². The summed E-state index contributed by atoms with van der Waals surface area (Å²) < 4.78 is 40.1. The van der Waals surface area contributed by atoms with Gasteiger partial charge in [0.05, 0.1) is 6.34 Å². The van der Waals surface area contributed by atoms with Gasteiger partial charge >= 0.3 is 6.36 Å². The predicted molar refractivity (Wildman–Crippen MR) is 93.8 cm³/mol. The third-order valence-corrected chi connectivity index (χ3v) is 3.96. The molecule has 0 saturated heterocycles. The third kappa shape index (κ3) is 4.82.